The Kier molecular flexibility index (Phi) is 3.84. The van der Waals surface area contributed by atoms with Gasteiger partial charge in [0.1, 0.15) is 0 Å². The standard InChI is InChI=1S/C13H19N3O2/c1-3-8(7-17)12(14-2)9-4-5-10-11(6-9)16-13(18)15-10/h4-6,8,12,14,17H,3,7H2,1-2H3,(H2,15,16,18). The molecule has 0 fully saturated rings. The van der Waals surface area contributed by atoms with Crippen LogP contribution in [-0.2, 0) is 0 Å². The lowest BCUT2D eigenvalue weighted by Crippen LogP contribution is -2.27. The van der Waals surface area contributed by atoms with Crippen LogP contribution in [0.1, 0.15) is 24.9 Å². The van der Waals surface area contributed by atoms with Gasteiger partial charge in [0.25, 0.3) is 0 Å². The largest absolute Gasteiger partial charge is 0.396 e. The molecule has 0 aliphatic carbocycles. The predicted molar refractivity (Wildman–Crippen MR) is 71.6 cm³/mol. The lowest BCUT2D eigenvalue weighted by Gasteiger charge is -2.24. The van der Waals surface area contributed by atoms with Gasteiger partial charge in [-0.05, 0) is 31.2 Å². The topological polar surface area (TPSA) is 80.9 Å². The van der Waals surface area contributed by atoms with Crippen molar-refractivity contribution >= 4 is 11.0 Å². The molecule has 2 unspecified atom stereocenters. The highest BCUT2D eigenvalue weighted by Crippen LogP contribution is 2.25. The van der Waals surface area contributed by atoms with Crippen molar-refractivity contribution in [3.8, 4) is 0 Å². The van der Waals surface area contributed by atoms with E-state index < -0.39 is 0 Å². The number of H-pyrrole nitrogens is 2. The Morgan fingerprint density at radius 1 is 1.33 bits per heavy atom. The van der Waals surface area contributed by atoms with Gasteiger partial charge >= 0.3 is 5.69 Å². The maximum absolute atomic E-state index is 11.2. The maximum Gasteiger partial charge on any atom is 0.323 e. The van der Waals surface area contributed by atoms with Crippen molar-refractivity contribution in [3.63, 3.8) is 0 Å². The number of aromatic amines is 2. The first-order valence-corrected chi connectivity index (χ1v) is 6.19. The van der Waals surface area contributed by atoms with Crippen LogP contribution in [-0.4, -0.2) is 28.7 Å². The van der Waals surface area contributed by atoms with Crippen LogP contribution < -0.4 is 11.0 Å². The zero-order valence-corrected chi connectivity index (χ0v) is 10.7. The van der Waals surface area contributed by atoms with Gasteiger partial charge in [0.2, 0.25) is 0 Å². The first-order valence-electron chi connectivity index (χ1n) is 6.19. The molecule has 0 bridgehead atoms. The molecular formula is C13H19N3O2. The third kappa shape index (κ3) is 2.32. The van der Waals surface area contributed by atoms with E-state index in [1.807, 2.05) is 25.2 Å². The quantitative estimate of drug-likeness (QED) is 0.641. The fraction of sp³-hybridized carbons (Fsp3) is 0.462. The number of aromatic nitrogens is 2. The van der Waals surface area contributed by atoms with Crippen LogP contribution in [0.4, 0.5) is 0 Å². The van der Waals surface area contributed by atoms with E-state index in [2.05, 4.69) is 22.2 Å². The Labute approximate surface area is 105 Å². The number of benzene rings is 1. The summed E-state index contributed by atoms with van der Waals surface area (Å²) in [4.78, 5) is 16.7. The lowest BCUT2D eigenvalue weighted by molar-refractivity contribution is 0.189. The molecule has 98 valence electrons. The van der Waals surface area contributed by atoms with E-state index in [-0.39, 0.29) is 24.3 Å². The molecular weight excluding hydrogens is 230 g/mol. The summed E-state index contributed by atoms with van der Waals surface area (Å²) in [7, 11) is 1.88. The fourth-order valence-electron chi connectivity index (χ4n) is 2.39. The van der Waals surface area contributed by atoms with Crippen LogP contribution in [0.3, 0.4) is 0 Å². The highest BCUT2D eigenvalue weighted by atomic mass is 16.3. The second-order valence-corrected chi connectivity index (χ2v) is 4.50. The molecule has 1 heterocycles. The number of aliphatic hydroxyl groups excluding tert-OH is 1. The van der Waals surface area contributed by atoms with Crippen LogP contribution in [0.15, 0.2) is 23.0 Å². The first kappa shape index (κ1) is 12.9. The molecule has 0 amide bonds. The second kappa shape index (κ2) is 5.37. The van der Waals surface area contributed by atoms with E-state index in [0.717, 1.165) is 23.0 Å². The zero-order chi connectivity index (χ0) is 13.1. The van der Waals surface area contributed by atoms with Gasteiger partial charge in [-0.3, -0.25) is 0 Å². The minimum absolute atomic E-state index is 0.0859. The fourth-order valence-corrected chi connectivity index (χ4v) is 2.39. The molecule has 0 aliphatic rings. The molecule has 2 aromatic rings. The van der Waals surface area contributed by atoms with Crippen LogP contribution in [0.5, 0.6) is 0 Å². The van der Waals surface area contributed by atoms with E-state index in [0.29, 0.717) is 0 Å². The first-order chi connectivity index (χ1) is 8.69. The van der Waals surface area contributed by atoms with Gasteiger partial charge in [0, 0.05) is 18.6 Å². The summed E-state index contributed by atoms with van der Waals surface area (Å²) in [6, 6.07) is 5.90. The molecule has 0 saturated heterocycles. The van der Waals surface area contributed by atoms with E-state index in [1.165, 1.54) is 0 Å². The smallest absolute Gasteiger partial charge is 0.323 e. The number of nitrogens with one attached hydrogen (secondary N) is 3. The number of hydrogen-bond donors (Lipinski definition) is 4. The van der Waals surface area contributed by atoms with Gasteiger partial charge < -0.3 is 20.4 Å². The number of fused-ring (bicyclic) bond motifs is 1. The SMILES string of the molecule is CCC(CO)C(NC)c1ccc2[nH]c(=O)[nH]c2c1. The summed E-state index contributed by atoms with van der Waals surface area (Å²) in [5.74, 6) is 0.165. The Morgan fingerprint density at radius 3 is 2.67 bits per heavy atom. The average molecular weight is 249 g/mol. The Hall–Kier alpha value is -1.59. The molecule has 0 radical (unpaired) electrons. The number of imidazole rings is 1. The number of rotatable bonds is 5. The van der Waals surface area contributed by atoms with Crippen LogP contribution in [0.2, 0.25) is 0 Å². The molecule has 0 spiro atoms. The average Bonchev–Trinajstić information content (AvgIpc) is 2.74. The van der Waals surface area contributed by atoms with Crippen molar-refractivity contribution < 1.29 is 5.11 Å². The molecule has 2 rings (SSSR count). The van der Waals surface area contributed by atoms with E-state index in [9.17, 15) is 9.90 Å². The summed E-state index contributed by atoms with van der Waals surface area (Å²) >= 11 is 0. The minimum atomic E-state index is -0.197. The molecule has 0 saturated carbocycles. The van der Waals surface area contributed by atoms with Crippen molar-refractivity contribution in [1.82, 2.24) is 15.3 Å². The monoisotopic (exact) mass is 249 g/mol. The Balaban J connectivity index is 2.41. The maximum atomic E-state index is 11.2. The number of hydrogen-bond acceptors (Lipinski definition) is 3. The van der Waals surface area contributed by atoms with Crippen molar-refractivity contribution in [1.29, 1.82) is 0 Å². The van der Waals surface area contributed by atoms with Gasteiger partial charge in [-0.15, -0.1) is 0 Å². The normalized spacial score (nSPS) is 14.8. The van der Waals surface area contributed by atoms with Gasteiger partial charge in [0.15, 0.2) is 0 Å². The summed E-state index contributed by atoms with van der Waals surface area (Å²) in [6.45, 7) is 2.20. The van der Waals surface area contributed by atoms with Gasteiger partial charge in [-0.2, -0.15) is 0 Å². The molecule has 5 heteroatoms. The summed E-state index contributed by atoms with van der Waals surface area (Å²) in [6.07, 6.45) is 0.893. The zero-order valence-electron chi connectivity index (χ0n) is 10.7. The highest BCUT2D eigenvalue weighted by molar-refractivity contribution is 5.75. The Bertz CT molecular complexity index is 569. The highest BCUT2D eigenvalue weighted by Gasteiger charge is 2.19. The summed E-state index contributed by atoms with van der Waals surface area (Å²) < 4.78 is 0. The van der Waals surface area contributed by atoms with Gasteiger partial charge in [-0.25, -0.2) is 4.79 Å². The molecule has 1 aromatic heterocycles. The molecule has 5 nitrogen and oxygen atoms in total. The predicted octanol–water partition coefficient (Wildman–Crippen LogP) is 1.14. The summed E-state index contributed by atoms with van der Waals surface area (Å²) in [5.41, 5.74) is 2.47. The lowest BCUT2D eigenvalue weighted by atomic mass is 9.91. The van der Waals surface area contributed by atoms with E-state index in [1.54, 1.807) is 0 Å². The van der Waals surface area contributed by atoms with Crippen molar-refractivity contribution in [2.24, 2.45) is 5.92 Å². The van der Waals surface area contributed by atoms with Crippen molar-refractivity contribution in [3.05, 3.63) is 34.2 Å². The minimum Gasteiger partial charge on any atom is -0.396 e. The molecule has 18 heavy (non-hydrogen) atoms. The van der Waals surface area contributed by atoms with E-state index >= 15 is 0 Å². The second-order valence-electron chi connectivity index (χ2n) is 4.50. The van der Waals surface area contributed by atoms with Gasteiger partial charge in [0.05, 0.1) is 11.0 Å². The Morgan fingerprint density at radius 2 is 2.06 bits per heavy atom. The molecule has 2 atom stereocenters. The summed E-state index contributed by atoms with van der Waals surface area (Å²) in [5, 5.41) is 12.6. The van der Waals surface area contributed by atoms with Crippen molar-refractivity contribution in [2.75, 3.05) is 13.7 Å². The molecule has 1 aromatic carbocycles. The van der Waals surface area contributed by atoms with Crippen molar-refractivity contribution in [2.45, 2.75) is 19.4 Å². The third-order valence-electron chi connectivity index (χ3n) is 3.44. The molecule has 4 N–H and O–H groups in total. The molecule has 0 aliphatic heterocycles. The van der Waals surface area contributed by atoms with Crippen LogP contribution in [0, 0.1) is 5.92 Å². The number of aliphatic hydroxyl groups is 1. The van der Waals surface area contributed by atoms with Crippen LogP contribution >= 0.6 is 0 Å². The van der Waals surface area contributed by atoms with Crippen LogP contribution in [0.25, 0.3) is 11.0 Å². The third-order valence-corrected chi connectivity index (χ3v) is 3.44. The van der Waals surface area contributed by atoms with Gasteiger partial charge in [-0.1, -0.05) is 13.0 Å². The van der Waals surface area contributed by atoms with E-state index in [4.69, 9.17) is 0 Å².